The number of carbonyl (C=O) groups is 2. The summed E-state index contributed by atoms with van der Waals surface area (Å²) < 4.78 is 10.5. The molecule has 0 aliphatic rings. The Morgan fingerprint density at radius 1 is 0.719 bits per heavy atom. The van der Waals surface area contributed by atoms with Crippen LogP contribution in [0.2, 0.25) is 0 Å². The van der Waals surface area contributed by atoms with Gasteiger partial charge in [0.15, 0.2) is 0 Å². The van der Waals surface area contributed by atoms with E-state index in [4.69, 9.17) is 32.7 Å². The molecule has 174 valence electrons. The first-order valence-corrected chi connectivity index (χ1v) is 11.8. The number of hydrogen-bond donors (Lipinski definition) is 2. The molecule has 2 aromatic rings. The van der Waals surface area contributed by atoms with Gasteiger partial charge in [-0.2, -0.15) is 0 Å². The fraction of sp³-hybridized carbons (Fsp3) is 0.417. The SMILES string of the molecule is CC[C@H](c1ccc(OC(=O)NCCCl)cc1)[C@H](CC)c1ccc(OC(=O)NCCCl)cc1. The third-order valence-electron chi connectivity index (χ3n) is 5.13. The maximum absolute atomic E-state index is 11.7. The summed E-state index contributed by atoms with van der Waals surface area (Å²) in [5.41, 5.74) is 2.35. The first-order valence-electron chi connectivity index (χ1n) is 10.8. The molecule has 0 aliphatic heterocycles. The summed E-state index contributed by atoms with van der Waals surface area (Å²) in [5, 5.41) is 5.14. The van der Waals surface area contributed by atoms with E-state index < -0.39 is 12.2 Å². The van der Waals surface area contributed by atoms with E-state index in [1.165, 1.54) is 11.1 Å². The van der Waals surface area contributed by atoms with Crippen molar-refractivity contribution < 1.29 is 19.1 Å². The minimum atomic E-state index is -0.518. The Balaban J connectivity index is 2.07. The molecule has 2 rings (SSSR count). The summed E-state index contributed by atoms with van der Waals surface area (Å²) in [4.78, 5) is 23.4. The van der Waals surface area contributed by atoms with E-state index >= 15 is 0 Å². The Kier molecular flexibility index (Phi) is 11.2. The van der Waals surface area contributed by atoms with E-state index in [0.29, 0.717) is 36.3 Å². The van der Waals surface area contributed by atoms with Gasteiger partial charge in [0, 0.05) is 24.8 Å². The second-order valence-corrected chi connectivity index (χ2v) is 7.93. The number of rotatable bonds is 11. The Labute approximate surface area is 199 Å². The summed E-state index contributed by atoms with van der Waals surface area (Å²) in [5.74, 6) is 2.21. The van der Waals surface area contributed by atoms with E-state index in [1.54, 1.807) is 24.3 Å². The highest BCUT2D eigenvalue weighted by atomic mass is 35.5. The normalized spacial score (nSPS) is 12.5. The van der Waals surface area contributed by atoms with Gasteiger partial charge in [-0.05, 0) is 60.1 Å². The zero-order chi connectivity index (χ0) is 23.3. The van der Waals surface area contributed by atoms with Crippen LogP contribution in [0.1, 0.15) is 49.7 Å². The van der Waals surface area contributed by atoms with Crippen LogP contribution in [0.5, 0.6) is 11.5 Å². The fourth-order valence-corrected chi connectivity index (χ4v) is 3.85. The molecule has 2 aromatic carbocycles. The average molecular weight is 481 g/mol. The summed E-state index contributed by atoms with van der Waals surface area (Å²) in [7, 11) is 0. The molecule has 0 spiro atoms. The zero-order valence-electron chi connectivity index (χ0n) is 18.4. The predicted octanol–water partition coefficient (Wildman–Crippen LogP) is 6.03. The lowest BCUT2D eigenvalue weighted by Gasteiger charge is -2.26. The van der Waals surface area contributed by atoms with Crippen molar-refractivity contribution in [2.45, 2.75) is 38.5 Å². The van der Waals surface area contributed by atoms with Crippen molar-refractivity contribution in [3.63, 3.8) is 0 Å². The second kappa shape index (κ2) is 13.9. The van der Waals surface area contributed by atoms with Crippen LogP contribution in [0.4, 0.5) is 9.59 Å². The number of ether oxygens (including phenoxy) is 2. The lowest BCUT2D eigenvalue weighted by molar-refractivity contribution is 0.200. The minimum Gasteiger partial charge on any atom is -0.410 e. The summed E-state index contributed by atoms with van der Waals surface area (Å²) in [6.07, 6.45) is 0.869. The van der Waals surface area contributed by atoms with Crippen molar-refractivity contribution in [2.75, 3.05) is 24.8 Å². The molecule has 6 nitrogen and oxygen atoms in total. The van der Waals surface area contributed by atoms with Crippen molar-refractivity contribution in [1.29, 1.82) is 0 Å². The fourth-order valence-electron chi connectivity index (χ4n) is 3.66. The van der Waals surface area contributed by atoms with Gasteiger partial charge in [0.1, 0.15) is 11.5 Å². The maximum Gasteiger partial charge on any atom is 0.412 e. The molecule has 32 heavy (non-hydrogen) atoms. The zero-order valence-corrected chi connectivity index (χ0v) is 19.9. The highest BCUT2D eigenvalue weighted by molar-refractivity contribution is 6.18. The molecule has 0 saturated carbocycles. The number of alkyl halides is 2. The highest BCUT2D eigenvalue weighted by Gasteiger charge is 2.22. The quantitative estimate of drug-likeness (QED) is 0.385. The molecule has 2 atom stereocenters. The molecule has 0 unspecified atom stereocenters. The molecule has 0 saturated heterocycles. The minimum absolute atomic E-state index is 0.290. The van der Waals surface area contributed by atoms with E-state index in [2.05, 4.69) is 24.5 Å². The Morgan fingerprint density at radius 3 is 1.34 bits per heavy atom. The van der Waals surface area contributed by atoms with Gasteiger partial charge in [0.2, 0.25) is 0 Å². The van der Waals surface area contributed by atoms with Crippen molar-refractivity contribution in [3.05, 3.63) is 59.7 Å². The number of nitrogens with one attached hydrogen (secondary N) is 2. The standard InChI is InChI=1S/C24H30Cl2N2O4/c1-3-21(17-5-9-19(10-6-17)31-23(29)27-15-13-25)22(4-2)18-7-11-20(12-8-18)32-24(30)28-16-14-26/h5-12,21-22H,3-4,13-16H2,1-2H3,(H,27,29)(H,28,30)/t21-,22-/m1/s1. The monoisotopic (exact) mass is 480 g/mol. The molecule has 0 heterocycles. The van der Waals surface area contributed by atoms with Gasteiger partial charge in [-0.3, -0.25) is 0 Å². The Morgan fingerprint density at radius 2 is 1.06 bits per heavy atom. The Hall–Kier alpha value is -2.44. The van der Waals surface area contributed by atoms with Crippen molar-refractivity contribution >= 4 is 35.4 Å². The first kappa shape index (κ1) is 25.8. The number of halogens is 2. The lowest BCUT2D eigenvalue weighted by Crippen LogP contribution is -2.28. The molecular formula is C24H30Cl2N2O4. The van der Waals surface area contributed by atoms with Crippen LogP contribution >= 0.6 is 23.2 Å². The third kappa shape index (κ3) is 7.92. The van der Waals surface area contributed by atoms with Crippen LogP contribution < -0.4 is 20.1 Å². The molecule has 0 aliphatic carbocycles. The topological polar surface area (TPSA) is 76.7 Å². The van der Waals surface area contributed by atoms with Crippen molar-refractivity contribution in [2.24, 2.45) is 0 Å². The van der Waals surface area contributed by atoms with Gasteiger partial charge < -0.3 is 20.1 Å². The molecule has 0 radical (unpaired) electrons. The van der Waals surface area contributed by atoms with Crippen molar-refractivity contribution in [1.82, 2.24) is 10.6 Å². The largest absolute Gasteiger partial charge is 0.412 e. The van der Waals surface area contributed by atoms with E-state index in [1.807, 2.05) is 24.3 Å². The first-order chi connectivity index (χ1) is 15.5. The summed E-state index contributed by atoms with van der Waals surface area (Å²) >= 11 is 11.1. The van der Waals surface area contributed by atoms with Crippen molar-refractivity contribution in [3.8, 4) is 11.5 Å². The van der Waals surface area contributed by atoms with Gasteiger partial charge in [-0.15, -0.1) is 23.2 Å². The molecule has 0 aromatic heterocycles. The van der Waals surface area contributed by atoms with Gasteiger partial charge in [0.05, 0.1) is 0 Å². The third-order valence-corrected chi connectivity index (χ3v) is 5.51. The van der Waals surface area contributed by atoms with Gasteiger partial charge >= 0.3 is 12.2 Å². The van der Waals surface area contributed by atoms with Gasteiger partial charge in [-0.25, -0.2) is 9.59 Å². The van der Waals surface area contributed by atoms with Crippen LogP contribution in [0, 0.1) is 0 Å². The molecule has 2 amide bonds. The van der Waals surface area contributed by atoms with Gasteiger partial charge in [-0.1, -0.05) is 38.1 Å². The van der Waals surface area contributed by atoms with E-state index in [9.17, 15) is 9.59 Å². The maximum atomic E-state index is 11.7. The Bertz CT molecular complexity index is 773. The molecular weight excluding hydrogens is 451 g/mol. The number of amides is 2. The van der Waals surface area contributed by atoms with E-state index in [0.717, 1.165) is 12.8 Å². The van der Waals surface area contributed by atoms with Crippen LogP contribution in [-0.4, -0.2) is 37.0 Å². The number of benzene rings is 2. The molecule has 2 N–H and O–H groups in total. The molecule has 8 heteroatoms. The summed E-state index contributed by atoms with van der Waals surface area (Å²) in [6, 6.07) is 15.2. The van der Waals surface area contributed by atoms with Crippen LogP contribution in [0.3, 0.4) is 0 Å². The second-order valence-electron chi connectivity index (χ2n) is 7.18. The number of carbonyl (C=O) groups excluding carboxylic acids is 2. The van der Waals surface area contributed by atoms with Crippen LogP contribution in [-0.2, 0) is 0 Å². The molecule has 0 fully saturated rings. The highest BCUT2D eigenvalue weighted by Crippen LogP contribution is 2.38. The number of hydrogen-bond acceptors (Lipinski definition) is 4. The average Bonchev–Trinajstić information content (AvgIpc) is 2.81. The molecule has 0 bridgehead atoms. The van der Waals surface area contributed by atoms with Crippen LogP contribution in [0.15, 0.2) is 48.5 Å². The smallest absolute Gasteiger partial charge is 0.410 e. The lowest BCUT2D eigenvalue weighted by atomic mass is 9.78. The predicted molar refractivity (Wildman–Crippen MR) is 128 cm³/mol. The van der Waals surface area contributed by atoms with Crippen LogP contribution in [0.25, 0.3) is 0 Å². The summed E-state index contributed by atoms with van der Waals surface area (Å²) in [6.45, 7) is 5.04. The van der Waals surface area contributed by atoms with E-state index in [-0.39, 0.29) is 11.8 Å². The van der Waals surface area contributed by atoms with Gasteiger partial charge in [0.25, 0.3) is 0 Å².